The van der Waals surface area contributed by atoms with Gasteiger partial charge in [0.1, 0.15) is 11.5 Å². The minimum absolute atomic E-state index is 0.0564. The predicted octanol–water partition coefficient (Wildman–Crippen LogP) is 4.10. The monoisotopic (exact) mass is 538 g/mol. The number of carbonyl (C=O) groups is 2. The first kappa shape index (κ1) is 26.6. The number of nitrogens with one attached hydrogen (secondary N) is 4. The number of aromatic nitrogens is 2. The number of anilines is 2. The zero-order chi connectivity index (χ0) is 26.2. The van der Waals surface area contributed by atoms with E-state index >= 15 is 0 Å². The Hall–Kier alpha value is -3.48. The standard InChI is InChI=1S/C25H30N8O2S2/c1-3-19(33-28-4-2)30-22-20(26)21(24(35)27-14-18-6-5-13-36-18)31-25(32-22)37-17-11-9-16(10-12-17)29-23(34)15-7-8-15/h5-6,9-13,15,28H,3-4,7-8,14,26H2,1-2H3,(H,27,35)(H,29,34)(H,30,31,32,33). The van der Waals surface area contributed by atoms with E-state index in [1.54, 1.807) is 11.3 Å². The zero-order valence-corrected chi connectivity index (χ0v) is 22.3. The zero-order valence-electron chi connectivity index (χ0n) is 20.7. The van der Waals surface area contributed by atoms with Crippen molar-refractivity contribution < 1.29 is 9.59 Å². The average Bonchev–Trinajstić information content (AvgIpc) is 3.63. The van der Waals surface area contributed by atoms with Gasteiger partial charge < -0.3 is 21.8 Å². The fourth-order valence-corrected chi connectivity index (χ4v) is 4.62. The number of nitrogen functional groups attached to an aromatic ring is 1. The molecule has 1 aliphatic rings. The summed E-state index contributed by atoms with van der Waals surface area (Å²) in [7, 11) is 0. The summed E-state index contributed by atoms with van der Waals surface area (Å²) in [6, 6.07) is 11.3. The molecule has 1 fully saturated rings. The summed E-state index contributed by atoms with van der Waals surface area (Å²) in [5.74, 6) is 0.636. The highest BCUT2D eigenvalue weighted by Crippen LogP contribution is 2.33. The van der Waals surface area contributed by atoms with Crippen LogP contribution in [0.5, 0.6) is 0 Å². The number of hydrazine groups is 1. The van der Waals surface area contributed by atoms with E-state index in [9.17, 15) is 9.59 Å². The molecule has 1 aliphatic carbocycles. The maximum atomic E-state index is 13.0. The molecule has 37 heavy (non-hydrogen) atoms. The van der Waals surface area contributed by atoms with Gasteiger partial charge in [-0.15, -0.1) is 11.3 Å². The largest absolute Gasteiger partial charge is 0.394 e. The van der Waals surface area contributed by atoms with E-state index in [1.807, 2.05) is 55.6 Å². The molecule has 4 rings (SSSR count). The lowest BCUT2D eigenvalue weighted by Gasteiger charge is -2.12. The third kappa shape index (κ3) is 7.51. The number of thiophene rings is 1. The Labute approximate surface area is 223 Å². The SMILES string of the molecule is CCNNC(CC)=Nc1nc(Sc2ccc(NC(=O)C3CC3)cc2)nc(C(=O)NCc2cccs2)c1N. The van der Waals surface area contributed by atoms with Crippen molar-refractivity contribution in [1.29, 1.82) is 0 Å². The normalized spacial score (nSPS) is 13.3. The summed E-state index contributed by atoms with van der Waals surface area (Å²) in [5.41, 5.74) is 13.3. The second-order valence-corrected chi connectivity index (χ2v) is 10.4. The Kier molecular flexibility index (Phi) is 9.09. The van der Waals surface area contributed by atoms with Crippen LogP contribution in [0, 0.1) is 5.92 Å². The van der Waals surface area contributed by atoms with Gasteiger partial charge in [0.05, 0.1) is 6.54 Å². The van der Waals surface area contributed by atoms with Crippen LogP contribution >= 0.6 is 23.1 Å². The number of aliphatic imine (C=N–C) groups is 1. The fraction of sp³-hybridized carbons (Fsp3) is 0.320. The molecule has 10 nitrogen and oxygen atoms in total. The van der Waals surface area contributed by atoms with Crippen LogP contribution in [0.2, 0.25) is 0 Å². The molecule has 2 heterocycles. The van der Waals surface area contributed by atoms with Crippen molar-refractivity contribution in [2.24, 2.45) is 10.9 Å². The van der Waals surface area contributed by atoms with Crippen LogP contribution in [-0.2, 0) is 11.3 Å². The summed E-state index contributed by atoms with van der Waals surface area (Å²) in [6.45, 7) is 4.99. The molecule has 2 aromatic heterocycles. The van der Waals surface area contributed by atoms with Gasteiger partial charge in [-0.3, -0.25) is 9.59 Å². The van der Waals surface area contributed by atoms with Crippen molar-refractivity contribution in [3.8, 4) is 0 Å². The number of hydrogen-bond acceptors (Lipinski definition) is 9. The Bertz CT molecular complexity index is 1260. The Balaban J connectivity index is 1.58. The molecule has 0 aliphatic heterocycles. The van der Waals surface area contributed by atoms with Crippen LogP contribution in [0.1, 0.15) is 48.5 Å². The van der Waals surface area contributed by atoms with Crippen LogP contribution in [0.4, 0.5) is 17.2 Å². The lowest BCUT2D eigenvalue weighted by Crippen LogP contribution is -2.36. The number of amides is 2. The first-order valence-corrected chi connectivity index (χ1v) is 13.8. The van der Waals surface area contributed by atoms with Gasteiger partial charge in [-0.2, -0.15) is 0 Å². The first-order valence-electron chi connectivity index (χ1n) is 12.1. The smallest absolute Gasteiger partial charge is 0.272 e. The molecule has 12 heteroatoms. The highest BCUT2D eigenvalue weighted by atomic mass is 32.2. The van der Waals surface area contributed by atoms with Crippen LogP contribution in [0.3, 0.4) is 0 Å². The minimum atomic E-state index is -0.401. The van der Waals surface area contributed by atoms with Crippen molar-refractivity contribution in [3.05, 3.63) is 52.3 Å². The molecule has 194 valence electrons. The first-order chi connectivity index (χ1) is 18.0. The average molecular weight is 539 g/mol. The molecule has 0 unspecified atom stereocenters. The van der Waals surface area contributed by atoms with Gasteiger partial charge >= 0.3 is 0 Å². The summed E-state index contributed by atoms with van der Waals surface area (Å²) < 4.78 is 0. The Morgan fingerprint density at radius 1 is 1.16 bits per heavy atom. The molecule has 2 amide bonds. The summed E-state index contributed by atoms with van der Waals surface area (Å²) >= 11 is 2.84. The van der Waals surface area contributed by atoms with E-state index in [4.69, 9.17) is 5.73 Å². The molecule has 0 bridgehead atoms. The van der Waals surface area contributed by atoms with Crippen LogP contribution in [0.15, 0.2) is 56.8 Å². The van der Waals surface area contributed by atoms with E-state index in [2.05, 4.69) is 36.4 Å². The van der Waals surface area contributed by atoms with Gasteiger partial charge in [0.2, 0.25) is 5.91 Å². The molecule has 0 saturated heterocycles. The van der Waals surface area contributed by atoms with Crippen molar-refractivity contribution in [1.82, 2.24) is 26.1 Å². The van der Waals surface area contributed by atoms with Gasteiger partial charge in [-0.05, 0) is 60.3 Å². The summed E-state index contributed by atoms with van der Waals surface area (Å²) in [6.07, 6.45) is 2.50. The van der Waals surface area contributed by atoms with Gasteiger partial charge in [-0.25, -0.2) is 20.4 Å². The molecular weight excluding hydrogens is 508 g/mol. The topological polar surface area (TPSA) is 146 Å². The molecule has 0 spiro atoms. The fourth-order valence-electron chi connectivity index (χ4n) is 3.22. The van der Waals surface area contributed by atoms with Crippen molar-refractivity contribution in [2.75, 3.05) is 17.6 Å². The molecule has 0 radical (unpaired) electrons. The Morgan fingerprint density at radius 2 is 1.95 bits per heavy atom. The van der Waals surface area contributed by atoms with E-state index in [0.717, 1.165) is 28.3 Å². The van der Waals surface area contributed by atoms with Gasteiger partial charge in [0.15, 0.2) is 16.7 Å². The van der Waals surface area contributed by atoms with Crippen LogP contribution in [-0.4, -0.2) is 34.2 Å². The number of carbonyl (C=O) groups excluding carboxylic acids is 2. The van der Waals surface area contributed by atoms with Crippen LogP contribution < -0.4 is 27.2 Å². The maximum Gasteiger partial charge on any atom is 0.272 e. The van der Waals surface area contributed by atoms with Crippen molar-refractivity contribution in [3.63, 3.8) is 0 Å². The number of benzene rings is 1. The maximum absolute atomic E-state index is 13.0. The molecular formula is C25H30N8O2S2. The third-order valence-electron chi connectivity index (χ3n) is 5.39. The Morgan fingerprint density at radius 3 is 2.59 bits per heavy atom. The minimum Gasteiger partial charge on any atom is -0.394 e. The van der Waals surface area contributed by atoms with E-state index in [0.29, 0.717) is 30.5 Å². The lowest BCUT2D eigenvalue weighted by atomic mass is 10.3. The van der Waals surface area contributed by atoms with Gasteiger partial charge in [0, 0.05) is 34.3 Å². The van der Waals surface area contributed by atoms with E-state index in [1.165, 1.54) is 11.8 Å². The van der Waals surface area contributed by atoms with Crippen LogP contribution in [0.25, 0.3) is 0 Å². The molecule has 3 aromatic rings. The number of amidine groups is 1. The summed E-state index contributed by atoms with van der Waals surface area (Å²) in [5, 5.41) is 8.09. The van der Waals surface area contributed by atoms with Crippen molar-refractivity contribution >= 4 is 57.9 Å². The number of nitrogens with zero attached hydrogens (tertiary/aromatic N) is 3. The highest BCUT2D eigenvalue weighted by molar-refractivity contribution is 7.99. The second kappa shape index (κ2) is 12.7. The number of nitrogens with two attached hydrogens (primary N) is 1. The highest BCUT2D eigenvalue weighted by Gasteiger charge is 2.29. The van der Waals surface area contributed by atoms with Crippen molar-refractivity contribution in [2.45, 2.75) is 49.7 Å². The molecule has 6 N–H and O–H groups in total. The van der Waals surface area contributed by atoms with Gasteiger partial charge in [-0.1, -0.05) is 19.9 Å². The number of hydrogen-bond donors (Lipinski definition) is 5. The van der Waals surface area contributed by atoms with E-state index in [-0.39, 0.29) is 29.0 Å². The number of rotatable bonds is 11. The molecule has 1 aromatic carbocycles. The van der Waals surface area contributed by atoms with E-state index < -0.39 is 5.91 Å². The molecule has 0 atom stereocenters. The quantitative estimate of drug-likeness (QED) is 0.106. The lowest BCUT2D eigenvalue weighted by molar-refractivity contribution is -0.117. The molecule has 1 saturated carbocycles. The summed E-state index contributed by atoms with van der Waals surface area (Å²) in [4.78, 5) is 40.5. The van der Waals surface area contributed by atoms with Gasteiger partial charge in [0.25, 0.3) is 5.91 Å². The second-order valence-electron chi connectivity index (χ2n) is 8.31. The third-order valence-corrected chi connectivity index (χ3v) is 7.14. The predicted molar refractivity (Wildman–Crippen MR) is 148 cm³/mol.